The van der Waals surface area contributed by atoms with Crippen LogP contribution in [0.2, 0.25) is 5.02 Å². The second-order valence-corrected chi connectivity index (χ2v) is 4.35. The standard InChI is InChI=1S/C12H15ClF2N2O.ClH/c1-16-6-7-17(2)11(18)12(14,15)9-4-3-5-10(13)8-9;/h3-5,8,16H,6-7H2,1-2H3;1H. The van der Waals surface area contributed by atoms with E-state index >= 15 is 0 Å². The fourth-order valence-corrected chi connectivity index (χ4v) is 1.62. The van der Waals surface area contributed by atoms with E-state index in [-0.39, 0.29) is 24.0 Å². The molecule has 19 heavy (non-hydrogen) atoms. The molecule has 0 aliphatic heterocycles. The van der Waals surface area contributed by atoms with Gasteiger partial charge in [0.2, 0.25) is 0 Å². The van der Waals surface area contributed by atoms with Gasteiger partial charge in [-0.2, -0.15) is 8.78 Å². The van der Waals surface area contributed by atoms with Crippen molar-refractivity contribution >= 4 is 29.9 Å². The second-order valence-electron chi connectivity index (χ2n) is 3.92. The highest BCUT2D eigenvalue weighted by Crippen LogP contribution is 2.31. The largest absolute Gasteiger partial charge is 0.350 e. The fourth-order valence-electron chi connectivity index (χ4n) is 1.43. The first kappa shape index (κ1) is 18.1. The van der Waals surface area contributed by atoms with Gasteiger partial charge in [-0.3, -0.25) is 4.79 Å². The molecule has 1 aromatic rings. The second kappa shape index (κ2) is 7.62. The van der Waals surface area contributed by atoms with Crippen LogP contribution in [-0.4, -0.2) is 38.0 Å². The molecule has 0 spiro atoms. The summed E-state index contributed by atoms with van der Waals surface area (Å²) in [6, 6.07) is 5.17. The average molecular weight is 313 g/mol. The van der Waals surface area contributed by atoms with E-state index in [0.29, 0.717) is 6.54 Å². The highest BCUT2D eigenvalue weighted by Gasteiger charge is 2.42. The third-order valence-corrected chi connectivity index (χ3v) is 2.73. The van der Waals surface area contributed by atoms with Gasteiger partial charge in [0.25, 0.3) is 5.91 Å². The number of carbonyl (C=O) groups excluding carboxylic acids is 1. The monoisotopic (exact) mass is 312 g/mol. The Kier molecular flexibility index (Phi) is 7.26. The molecule has 0 aliphatic carbocycles. The first-order chi connectivity index (χ1) is 8.39. The summed E-state index contributed by atoms with van der Waals surface area (Å²) in [7, 11) is 3.03. The Labute approximate surface area is 122 Å². The zero-order chi connectivity index (χ0) is 13.8. The van der Waals surface area contributed by atoms with Crippen molar-refractivity contribution in [2.45, 2.75) is 5.92 Å². The van der Waals surface area contributed by atoms with Gasteiger partial charge < -0.3 is 10.2 Å². The highest BCUT2D eigenvalue weighted by molar-refractivity contribution is 6.30. The summed E-state index contributed by atoms with van der Waals surface area (Å²) in [5.41, 5.74) is -0.392. The van der Waals surface area contributed by atoms with Gasteiger partial charge in [-0.05, 0) is 19.2 Å². The molecule has 0 heterocycles. The van der Waals surface area contributed by atoms with Gasteiger partial charge in [-0.25, -0.2) is 0 Å². The number of alkyl halides is 2. The first-order valence-corrected chi connectivity index (χ1v) is 5.81. The smallest absolute Gasteiger partial charge is 0.339 e. The van der Waals surface area contributed by atoms with Gasteiger partial charge in [0.05, 0.1) is 0 Å². The molecule has 0 atom stereocenters. The summed E-state index contributed by atoms with van der Waals surface area (Å²) in [4.78, 5) is 12.7. The minimum atomic E-state index is -3.56. The zero-order valence-electron chi connectivity index (χ0n) is 10.6. The molecule has 3 nitrogen and oxygen atoms in total. The lowest BCUT2D eigenvalue weighted by Gasteiger charge is -2.23. The van der Waals surface area contributed by atoms with Crippen LogP contribution in [0.5, 0.6) is 0 Å². The number of nitrogens with zero attached hydrogens (tertiary/aromatic N) is 1. The number of hydrogen-bond acceptors (Lipinski definition) is 2. The van der Waals surface area contributed by atoms with Gasteiger partial charge in [0.15, 0.2) is 0 Å². The van der Waals surface area contributed by atoms with Crippen LogP contribution < -0.4 is 5.32 Å². The summed E-state index contributed by atoms with van der Waals surface area (Å²) in [5, 5.41) is 2.97. The Hall–Kier alpha value is -0.910. The SMILES string of the molecule is CNCCN(C)C(=O)C(F)(F)c1cccc(Cl)c1.Cl. The van der Waals surface area contributed by atoms with E-state index in [4.69, 9.17) is 11.6 Å². The average Bonchev–Trinajstić information content (AvgIpc) is 2.34. The summed E-state index contributed by atoms with van der Waals surface area (Å²) in [6.07, 6.45) is 0. The van der Waals surface area contributed by atoms with E-state index in [2.05, 4.69) is 5.32 Å². The Morgan fingerprint density at radius 3 is 2.63 bits per heavy atom. The first-order valence-electron chi connectivity index (χ1n) is 5.43. The molecule has 0 bridgehead atoms. The lowest BCUT2D eigenvalue weighted by molar-refractivity contribution is -0.157. The molecular weight excluding hydrogens is 297 g/mol. The summed E-state index contributed by atoms with van der Waals surface area (Å²) in [5.74, 6) is -4.80. The van der Waals surface area contributed by atoms with Crippen molar-refractivity contribution in [1.82, 2.24) is 10.2 Å². The summed E-state index contributed by atoms with van der Waals surface area (Å²) >= 11 is 5.65. The van der Waals surface area contributed by atoms with E-state index in [1.165, 1.54) is 25.2 Å². The number of amides is 1. The Balaban J connectivity index is 0.00000324. The van der Waals surface area contributed by atoms with Crippen LogP contribution in [0.4, 0.5) is 8.78 Å². The van der Waals surface area contributed by atoms with Crippen molar-refractivity contribution in [1.29, 1.82) is 0 Å². The third kappa shape index (κ3) is 4.60. The molecule has 1 rings (SSSR count). The Morgan fingerprint density at radius 1 is 1.47 bits per heavy atom. The zero-order valence-corrected chi connectivity index (χ0v) is 12.2. The Bertz CT molecular complexity index is 430. The van der Waals surface area contributed by atoms with Crippen molar-refractivity contribution in [3.05, 3.63) is 34.9 Å². The maximum absolute atomic E-state index is 13.9. The van der Waals surface area contributed by atoms with Crippen LogP contribution in [0.15, 0.2) is 24.3 Å². The van der Waals surface area contributed by atoms with Gasteiger partial charge >= 0.3 is 5.92 Å². The van der Waals surface area contributed by atoms with Crippen LogP contribution in [-0.2, 0) is 10.7 Å². The minimum Gasteiger partial charge on any atom is -0.339 e. The van der Waals surface area contributed by atoms with E-state index < -0.39 is 17.4 Å². The predicted molar refractivity (Wildman–Crippen MR) is 74.2 cm³/mol. The molecule has 1 N–H and O–H groups in total. The van der Waals surface area contributed by atoms with E-state index in [9.17, 15) is 13.6 Å². The van der Waals surface area contributed by atoms with Crippen LogP contribution in [0.3, 0.4) is 0 Å². The normalized spacial score (nSPS) is 10.8. The molecule has 0 saturated carbocycles. The quantitative estimate of drug-likeness (QED) is 0.906. The lowest BCUT2D eigenvalue weighted by Crippen LogP contribution is -2.42. The van der Waals surface area contributed by atoms with Crippen LogP contribution in [0.1, 0.15) is 5.56 Å². The molecule has 0 aliphatic rings. The van der Waals surface area contributed by atoms with Crippen LogP contribution in [0, 0.1) is 0 Å². The molecule has 0 radical (unpaired) electrons. The molecule has 0 aromatic heterocycles. The minimum absolute atomic E-state index is 0. The lowest BCUT2D eigenvalue weighted by atomic mass is 10.1. The molecule has 0 fully saturated rings. The van der Waals surface area contributed by atoms with Crippen molar-refractivity contribution in [3.63, 3.8) is 0 Å². The van der Waals surface area contributed by atoms with E-state index in [0.717, 1.165) is 11.0 Å². The van der Waals surface area contributed by atoms with Gasteiger partial charge in [-0.15, -0.1) is 12.4 Å². The molecule has 108 valence electrons. The number of rotatable bonds is 5. The molecular formula is C12H16Cl2F2N2O. The van der Waals surface area contributed by atoms with Crippen molar-refractivity contribution < 1.29 is 13.6 Å². The molecule has 0 unspecified atom stereocenters. The number of likely N-dealkylation sites (N-methyl/N-ethyl adjacent to an activating group) is 2. The van der Waals surface area contributed by atoms with Gasteiger partial charge in [-0.1, -0.05) is 23.7 Å². The Morgan fingerprint density at radius 2 is 2.11 bits per heavy atom. The van der Waals surface area contributed by atoms with Crippen LogP contribution in [0.25, 0.3) is 0 Å². The molecule has 0 saturated heterocycles. The van der Waals surface area contributed by atoms with Crippen molar-refractivity contribution in [3.8, 4) is 0 Å². The number of hydrogen-bond donors (Lipinski definition) is 1. The van der Waals surface area contributed by atoms with Gasteiger partial charge in [0, 0.05) is 30.7 Å². The number of nitrogens with one attached hydrogen (secondary N) is 1. The van der Waals surface area contributed by atoms with Crippen molar-refractivity contribution in [2.75, 3.05) is 27.2 Å². The van der Waals surface area contributed by atoms with Gasteiger partial charge in [0.1, 0.15) is 0 Å². The molecule has 1 aromatic carbocycles. The fraction of sp³-hybridized carbons (Fsp3) is 0.417. The maximum Gasteiger partial charge on any atom is 0.350 e. The maximum atomic E-state index is 13.9. The highest BCUT2D eigenvalue weighted by atomic mass is 35.5. The van der Waals surface area contributed by atoms with Crippen molar-refractivity contribution in [2.24, 2.45) is 0 Å². The number of carbonyl (C=O) groups is 1. The van der Waals surface area contributed by atoms with E-state index in [1.54, 1.807) is 7.05 Å². The summed E-state index contributed by atoms with van der Waals surface area (Å²) < 4.78 is 27.9. The predicted octanol–water partition coefficient (Wildman–Crippen LogP) is 2.53. The number of halogens is 4. The van der Waals surface area contributed by atoms with Crippen LogP contribution >= 0.6 is 24.0 Å². The number of benzene rings is 1. The summed E-state index contributed by atoms with van der Waals surface area (Å²) in [6.45, 7) is 0.666. The molecule has 7 heteroatoms. The topological polar surface area (TPSA) is 32.3 Å². The third-order valence-electron chi connectivity index (χ3n) is 2.50. The van der Waals surface area contributed by atoms with E-state index in [1.807, 2.05) is 0 Å². The molecule has 1 amide bonds.